The zero-order valence-corrected chi connectivity index (χ0v) is 6.02. The van der Waals surface area contributed by atoms with Crippen molar-refractivity contribution in [3.05, 3.63) is 0 Å². The molecule has 9 heavy (non-hydrogen) atoms. The molecule has 0 rings (SSSR count). The molecule has 0 aromatic rings. The molecule has 1 atom stereocenters. The highest BCUT2D eigenvalue weighted by Gasteiger charge is 1.90. The quantitative estimate of drug-likeness (QED) is 0.453. The van der Waals surface area contributed by atoms with E-state index in [1.54, 1.807) is 7.11 Å². The predicted molar refractivity (Wildman–Crippen MR) is 33.2 cm³/mol. The van der Waals surface area contributed by atoms with E-state index in [4.69, 9.17) is 4.55 Å². The molecule has 0 bridgehead atoms. The van der Waals surface area contributed by atoms with Gasteiger partial charge in [0, 0.05) is 13.7 Å². The first-order valence-corrected chi connectivity index (χ1v) is 3.53. The molecule has 0 spiro atoms. The van der Waals surface area contributed by atoms with Crippen molar-refractivity contribution in [2.45, 2.75) is 6.42 Å². The van der Waals surface area contributed by atoms with E-state index in [0.29, 0.717) is 13.0 Å². The molecule has 1 unspecified atom stereocenters. The van der Waals surface area contributed by atoms with E-state index in [2.05, 4.69) is 8.92 Å². The number of ether oxygens (including phenoxy) is 1. The second-order valence-electron chi connectivity index (χ2n) is 1.39. The standard InChI is InChI=1S/C4H10O4S/c1-7-3-2-4-8-9(5)6/h2-4H2,1H3,(H,5,6). The van der Waals surface area contributed by atoms with Crippen molar-refractivity contribution in [3.63, 3.8) is 0 Å². The van der Waals surface area contributed by atoms with Gasteiger partial charge in [-0.2, -0.15) is 4.21 Å². The minimum absolute atomic E-state index is 0.261. The number of methoxy groups -OCH3 is 1. The first-order chi connectivity index (χ1) is 4.27. The van der Waals surface area contributed by atoms with Crippen LogP contribution in [-0.4, -0.2) is 29.1 Å². The monoisotopic (exact) mass is 154 g/mol. The van der Waals surface area contributed by atoms with Gasteiger partial charge in [-0.25, -0.2) is 0 Å². The summed E-state index contributed by atoms with van der Waals surface area (Å²) in [6.07, 6.45) is 0.642. The second-order valence-corrected chi connectivity index (χ2v) is 2.06. The van der Waals surface area contributed by atoms with Crippen LogP contribution >= 0.6 is 0 Å². The van der Waals surface area contributed by atoms with E-state index in [1.807, 2.05) is 0 Å². The Kier molecular flexibility index (Phi) is 6.18. The molecular weight excluding hydrogens is 144 g/mol. The van der Waals surface area contributed by atoms with E-state index in [1.165, 1.54) is 0 Å². The van der Waals surface area contributed by atoms with Gasteiger partial charge in [0.05, 0.1) is 6.61 Å². The van der Waals surface area contributed by atoms with Gasteiger partial charge in [-0.15, -0.1) is 0 Å². The molecule has 0 aromatic heterocycles. The van der Waals surface area contributed by atoms with Gasteiger partial charge < -0.3 is 4.74 Å². The van der Waals surface area contributed by atoms with Gasteiger partial charge in [-0.1, -0.05) is 0 Å². The van der Waals surface area contributed by atoms with Gasteiger partial charge in [0.15, 0.2) is 0 Å². The Hall–Kier alpha value is 0.0300. The summed E-state index contributed by atoms with van der Waals surface area (Å²) in [7, 11) is 1.57. The van der Waals surface area contributed by atoms with E-state index < -0.39 is 11.4 Å². The summed E-state index contributed by atoms with van der Waals surface area (Å²) < 4.78 is 26.8. The number of rotatable bonds is 5. The molecular formula is C4H10O4S. The molecule has 56 valence electrons. The normalized spacial score (nSPS) is 13.6. The van der Waals surface area contributed by atoms with Crippen LogP contribution in [0.5, 0.6) is 0 Å². The van der Waals surface area contributed by atoms with Crippen molar-refractivity contribution in [1.82, 2.24) is 0 Å². The fraction of sp³-hybridized carbons (Fsp3) is 1.00. The molecule has 0 saturated heterocycles. The number of hydrogen-bond acceptors (Lipinski definition) is 3. The van der Waals surface area contributed by atoms with E-state index in [-0.39, 0.29) is 6.61 Å². The Morgan fingerprint density at radius 3 is 2.67 bits per heavy atom. The van der Waals surface area contributed by atoms with Crippen LogP contribution in [0.2, 0.25) is 0 Å². The molecule has 4 nitrogen and oxygen atoms in total. The van der Waals surface area contributed by atoms with Crippen LogP contribution in [0.25, 0.3) is 0 Å². The van der Waals surface area contributed by atoms with E-state index in [9.17, 15) is 4.21 Å². The molecule has 0 aromatic carbocycles. The van der Waals surface area contributed by atoms with Crippen LogP contribution in [0.3, 0.4) is 0 Å². The largest absolute Gasteiger partial charge is 0.385 e. The Balaban J connectivity index is 2.83. The lowest BCUT2D eigenvalue weighted by Gasteiger charge is -1.96. The van der Waals surface area contributed by atoms with Crippen molar-refractivity contribution in [3.8, 4) is 0 Å². The predicted octanol–water partition coefficient (Wildman–Crippen LogP) is 0.176. The van der Waals surface area contributed by atoms with Crippen LogP contribution < -0.4 is 0 Å². The Labute approximate surface area is 56.6 Å². The summed E-state index contributed by atoms with van der Waals surface area (Å²) in [5.41, 5.74) is 0. The third-order valence-corrected chi connectivity index (χ3v) is 1.05. The third kappa shape index (κ3) is 8.03. The molecule has 0 amide bonds. The molecule has 0 radical (unpaired) electrons. The van der Waals surface area contributed by atoms with Crippen LogP contribution in [0.15, 0.2) is 0 Å². The molecule has 0 aliphatic rings. The highest BCUT2D eigenvalue weighted by Crippen LogP contribution is 1.84. The first kappa shape index (κ1) is 9.03. The third-order valence-electron chi connectivity index (χ3n) is 0.677. The van der Waals surface area contributed by atoms with E-state index in [0.717, 1.165) is 0 Å². The van der Waals surface area contributed by atoms with Gasteiger partial charge in [0.25, 0.3) is 0 Å². The Morgan fingerprint density at radius 1 is 1.56 bits per heavy atom. The average Bonchev–Trinajstić information content (AvgIpc) is 1.80. The van der Waals surface area contributed by atoms with Crippen molar-refractivity contribution >= 4 is 11.4 Å². The van der Waals surface area contributed by atoms with Crippen LogP contribution in [0.1, 0.15) is 6.42 Å². The lowest BCUT2D eigenvalue weighted by Crippen LogP contribution is -2.00. The van der Waals surface area contributed by atoms with Crippen molar-refractivity contribution in [2.75, 3.05) is 20.3 Å². The fourth-order valence-corrected chi connectivity index (χ4v) is 0.594. The van der Waals surface area contributed by atoms with Gasteiger partial charge in [-0.3, -0.25) is 8.74 Å². The van der Waals surface area contributed by atoms with Crippen LogP contribution in [0, 0.1) is 0 Å². The topological polar surface area (TPSA) is 55.8 Å². The summed E-state index contributed by atoms with van der Waals surface area (Å²) in [5.74, 6) is 0. The van der Waals surface area contributed by atoms with Gasteiger partial charge in [0.1, 0.15) is 0 Å². The molecule has 5 heteroatoms. The maximum atomic E-state index is 9.81. The molecule has 0 heterocycles. The molecule has 0 fully saturated rings. The van der Waals surface area contributed by atoms with Gasteiger partial charge in [0.2, 0.25) is 0 Å². The maximum absolute atomic E-state index is 9.81. The summed E-state index contributed by atoms with van der Waals surface area (Å²) >= 11 is -2.12. The summed E-state index contributed by atoms with van der Waals surface area (Å²) in [5, 5.41) is 0. The maximum Gasteiger partial charge on any atom is 0.301 e. The average molecular weight is 154 g/mol. The van der Waals surface area contributed by atoms with E-state index >= 15 is 0 Å². The van der Waals surface area contributed by atoms with Crippen molar-refractivity contribution in [2.24, 2.45) is 0 Å². The van der Waals surface area contributed by atoms with Crippen LogP contribution in [-0.2, 0) is 20.3 Å². The first-order valence-electron chi connectivity index (χ1n) is 2.50. The Morgan fingerprint density at radius 2 is 2.22 bits per heavy atom. The highest BCUT2D eigenvalue weighted by atomic mass is 32.2. The summed E-state index contributed by atoms with van der Waals surface area (Å²) in [6.45, 7) is 0.814. The zero-order valence-electron chi connectivity index (χ0n) is 5.20. The SMILES string of the molecule is COCCCOS(=O)O. The molecule has 0 aliphatic heterocycles. The summed E-state index contributed by atoms with van der Waals surface area (Å²) in [4.78, 5) is 0. The van der Waals surface area contributed by atoms with Gasteiger partial charge in [-0.05, 0) is 6.42 Å². The van der Waals surface area contributed by atoms with Crippen molar-refractivity contribution < 1.29 is 17.7 Å². The lowest BCUT2D eigenvalue weighted by atomic mass is 10.5. The summed E-state index contributed by atoms with van der Waals surface area (Å²) in [6, 6.07) is 0. The van der Waals surface area contributed by atoms with Gasteiger partial charge >= 0.3 is 11.4 Å². The molecule has 0 saturated carbocycles. The fourth-order valence-electron chi connectivity index (χ4n) is 0.333. The Bertz CT molecular complexity index is 84.6. The minimum Gasteiger partial charge on any atom is -0.385 e. The second kappa shape index (κ2) is 6.15. The smallest absolute Gasteiger partial charge is 0.301 e. The number of hydrogen-bond donors (Lipinski definition) is 1. The zero-order chi connectivity index (χ0) is 7.11. The minimum atomic E-state index is -2.12. The molecule has 1 N–H and O–H groups in total. The molecule has 0 aliphatic carbocycles. The van der Waals surface area contributed by atoms with Crippen LogP contribution in [0.4, 0.5) is 0 Å². The highest BCUT2D eigenvalue weighted by molar-refractivity contribution is 7.74. The lowest BCUT2D eigenvalue weighted by molar-refractivity contribution is 0.173. The van der Waals surface area contributed by atoms with Crippen molar-refractivity contribution in [1.29, 1.82) is 0 Å².